The first-order valence-electron chi connectivity index (χ1n) is 8.38. The third-order valence-corrected chi connectivity index (χ3v) is 5.60. The second kappa shape index (κ2) is 5.04. The summed E-state index contributed by atoms with van der Waals surface area (Å²) in [5.41, 5.74) is 0.674. The van der Waals surface area contributed by atoms with Gasteiger partial charge in [0.25, 0.3) is 0 Å². The Bertz CT molecular complexity index is 312. The highest BCUT2D eigenvalue weighted by molar-refractivity contribution is 5.05. The first kappa shape index (κ1) is 13.9. The Morgan fingerprint density at radius 3 is 2.37 bits per heavy atom. The first-order valence-corrected chi connectivity index (χ1v) is 8.38. The third kappa shape index (κ3) is 2.85. The molecule has 2 saturated carbocycles. The minimum absolute atomic E-state index is 0.224. The predicted molar refractivity (Wildman–Crippen MR) is 79.2 cm³/mol. The van der Waals surface area contributed by atoms with Gasteiger partial charge >= 0.3 is 0 Å². The highest BCUT2D eigenvalue weighted by Gasteiger charge is 2.54. The molecular weight excluding hydrogens is 234 g/mol. The van der Waals surface area contributed by atoms with E-state index in [1.165, 1.54) is 51.5 Å². The molecule has 1 aliphatic heterocycles. The Balaban J connectivity index is 1.77. The Morgan fingerprint density at radius 1 is 1.11 bits per heavy atom. The van der Waals surface area contributed by atoms with Gasteiger partial charge in [0.2, 0.25) is 0 Å². The van der Waals surface area contributed by atoms with E-state index in [-0.39, 0.29) is 5.54 Å². The van der Waals surface area contributed by atoms with E-state index in [1.54, 1.807) is 0 Å². The lowest BCUT2D eigenvalue weighted by molar-refractivity contribution is -0.00256. The molecule has 0 aromatic heterocycles. The van der Waals surface area contributed by atoms with Crippen LogP contribution in [0.25, 0.3) is 0 Å². The predicted octanol–water partition coefficient (Wildman–Crippen LogP) is 3.75. The molecule has 3 aliphatic rings. The van der Waals surface area contributed by atoms with Gasteiger partial charge in [-0.15, -0.1) is 0 Å². The van der Waals surface area contributed by atoms with Crippen molar-refractivity contribution < 1.29 is 4.74 Å². The fourth-order valence-electron chi connectivity index (χ4n) is 4.39. The van der Waals surface area contributed by atoms with E-state index in [0.29, 0.717) is 11.5 Å². The average Bonchev–Trinajstić information content (AvgIpc) is 2.89. The van der Waals surface area contributed by atoms with Gasteiger partial charge in [-0.3, -0.25) is 0 Å². The Kier molecular flexibility index (Phi) is 3.68. The number of ether oxygens (including phenoxy) is 1. The number of hydrogen-bond donors (Lipinski definition) is 1. The normalized spacial score (nSPS) is 37.1. The van der Waals surface area contributed by atoms with Gasteiger partial charge in [-0.1, -0.05) is 12.8 Å². The van der Waals surface area contributed by atoms with Gasteiger partial charge in [-0.05, 0) is 64.7 Å². The van der Waals surface area contributed by atoms with Gasteiger partial charge in [-0.2, -0.15) is 0 Å². The maximum atomic E-state index is 6.23. The fraction of sp³-hybridized carbons (Fsp3) is 1.00. The average molecular weight is 265 g/mol. The first-order chi connectivity index (χ1) is 9.01. The van der Waals surface area contributed by atoms with Crippen LogP contribution < -0.4 is 5.32 Å². The van der Waals surface area contributed by atoms with E-state index in [0.717, 1.165) is 18.4 Å². The van der Waals surface area contributed by atoms with Gasteiger partial charge < -0.3 is 10.1 Å². The summed E-state index contributed by atoms with van der Waals surface area (Å²) in [6.07, 6.45) is 10.5. The van der Waals surface area contributed by atoms with Crippen molar-refractivity contribution in [3.63, 3.8) is 0 Å². The SMILES string of the molecule is CC(C)(C)NCC1(C2CCCC2)CCOC1C1CC1. The standard InChI is InChI=1S/C17H31NO/c1-16(2,3)18-12-17(14-6-4-5-7-14)10-11-19-15(17)13-8-9-13/h13-15,18H,4-12H2,1-3H3. The molecule has 0 bridgehead atoms. The molecule has 0 aromatic carbocycles. The van der Waals surface area contributed by atoms with Crippen LogP contribution in [0.2, 0.25) is 0 Å². The molecule has 3 fully saturated rings. The Labute approximate surface area is 118 Å². The van der Waals surface area contributed by atoms with E-state index in [1.807, 2.05) is 0 Å². The molecule has 2 unspecified atom stereocenters. The number of nitrogens with one attached hydrogen (secondary N) is 1. The zero-order valence-electron chi connectivity index (χ0n) is 13.0. The van der Waals surface area contributed by atoms with E-state index < -0.39 is 0 Å². The molecule has 0 radical (unpaired) electrons. The smallest absolute Gasteiger partial charge is 0.0675 e. The van der Waals surface area contributed by atoms with Crippen LogP contribution in [0.15, 0.2) is 0 Å². The van der Waals surface area contributed by atoms with Crippen molar-refractivity contribution in [2.24, 2.45) is 17.3 Å². The summed E-state index contributed by atoms with van der Waals surface area (Å²) >= 11 is 0. The van der Waals surface area contributed by atoms with Crippen molar-refractivity contribution in [1.29, 1.82) is 0 Å². The quantitative estimate of drug-likeness (QED) is 0.836. The second-order valence-electron chi connectivity index (χ2n) is 8.20. The summed E-state index contributed by atoms with van der Waals surface area (Å²) in [5, 5.41) is 3.81. The van der Waals surface area contributed by atoms with Crippen LogP contribution in [-0.2, 0) is 4.74 Å². The molecule has 1 saturated heterocycles. The number of rotatable bonds is 4. The molecule has 19 heavy (non-hydrogen) atoms. The molecule has 3 rings (SSSR count). The van der Waals surface area contributed by atoms with Gasteiger partial charge in [0.1, 0.15) is 0 Å². The molecule has 0 amide bonds. The van der Waals surface area contributed by atoms with Crippen LogP contribution in [0.1, 0.15) is 65.7 Å². The van der Waals surface area contributed by atoms with Crippen molar-refractivity contribution >= 4 is 0 Å². The largest absolute Gasteiger partial charge is 0.377 e. The van der Waals surface area contributed by atoms with Crippen molar-refractivity contribution in [2.75, 3.05) is 13.2 Å². The summed E-state index contributed by atoms with van der Waals surface area (Å²) < 4.78 is 6.23. The lowest BCUT2D eigenvalue weighted by atomic mass is 9.67. The van der Waals surface area contributed by atoms with Crippen molar-refractivity contribution in [2.45, 2.75) is 77.4 Å². The molecule has 2 heteroatoms. The third-order valence-electron chi connectivity index (χ3n) is 5.60. The van der Waals surface area contributed by atoms with Crippen LogP contribution in [0.5, 0.6) is 0 Å². The maximum absolute atomic E-state index is 6.23. The highest BCUT2D eigenvalue weighted by Crippen LogP contribution is 2.55. The Hall–Kier alpha value is -0.0800. The molecule has 0 spiro atoms. The van der Waals surface area contributed by atoms with E-state index >= 15 is 0 Å². The molecular formula is C17H31NO. The van der Waals surface area contributed by atoms with Gasteiger partial charge in [0.05, 0.1) is 6.10 Å². The molecule has 1 heterocycles. The van der Waals surface area contributed by atoms with Crippen LogP contribution in [0.3, 0.4) is 0 Å². The summed E-state index contributed by atoms with van der Waals surface area (Å²) in [4.78, 5) is 0. The van der Waals surface area contributed by atoms with Crippen LogP contribution in [0, 0.1) is 17.3 Å². The minimum atomic E-state index is 0.224. The van der Waals surface area contributed by atoms with Crippen molar-refractivity contribution in [1.82, 2.24) is 5.32 Å². The summed E-state index contributed by atoms with van der Waals surface area (Å²) in [6, 6.07) is 0. The molecule has 1 N–H and O–H groups in total. The van der Waals surface area contributed by atoms with Crippen molar-refractivity contribution in [3.8, 4) is 0 Å². The lowest BCUT2D eigenvalue weighted by Crippen LogP contribution is -2.51. The minimum Gasteiger partial charge on any atom is -0.377 e. The molecule has 0 aromatic rings. The Morgan fingerprint density at radius 2 is 1.79 bits per heavy atom. The lowest BCUT2D eigenvalue weighted by Gasteiger charge is -2.42. The van der Waals surface area contributed by atoms with E-state index in [4.69, 9.17) is 4.74 Å². The van der Waals surface area contributed by atoms with E-state index in [9.17, 15) is 0 Å². The topological polar surface area (TPSA) is 21.3 Å². The molecule has 2 atom stereocenters. The van der Waals surface area contributed by atoms with E-state index in [2.05, 4.69) is 26.1 Å². The monoisotopic (exact) mass is 265 g/mol. The highest BCUT2D eigenvalue weighted by atomic mass is 16.5. The van der Waals surface area contributed by atoms with Gasteiger partial charge in [0.15, 0.2) is 0 Å². The van der Waals surface area contributed by atoms with Crippen molar-refractivity contribution in [3.05, 3.63) is 0 Å². The summed E-state index contributed by atoms with van der Waals surface area (Å²) in [7, 11) is 0. The van der Waals surface area contributed by atoms with Gasteiger partial charge in [-0.25, -0.2) is 0 Å². The summed E-state index contributed by atoms with van der Waals surface area (Å²) in [6.45, 7) is 9.04. The second-order valence-corrected chi connectivity index (χ2v) is 8.20. The number of hydrogen-bond acceptors (Lipinski definition) is 2. The summed E-state index contributed by atoms with van der Waals surface area (Å²) in [5.74, 6) is 1.79. The molecule has 110 valence electrons. The zero-order valence-corrected chi connectivity index (χ0v) is 13.0. The zero-order chi connectivity index (χ0) is 13.5. The molecule has 2 aliphatic carbocycles. The molecule has 2 nitrogen and oxygen atoms in total. The van der Waals surface area contributed by atoms with Crippen LogP contribution >= 0.6 is 0 Å². The maximum Gasteiger partial charge on any atom is 0.0675 e. The van der Waals surface area contributed by atoms with Crippen LogP contribution in [-0.4, -0.2) is 24.8 Å². The van der Waals surface area contributed by atoms with Gasteiger partial charge in [0, 0.05) is 24.1 Å². The fourth-order valence-corrected chi connectivity index (χ4v) is 4.39. The van der Waals surface area contributed by atoms with Crippen LogP contribution in [0.4, 0.5) is 0 Å².